The maximum absolute atomic E-state index is 11.2. The molecule has 0 saturated carbocycles. The van der Waals surface area contributed by atoms with Crippen LogP contribution in [0.2, 0.25) is 0 Å². The van der Waals surface area contributed by atoms with Gasteiger partial charge in [0.05, 0.1) is 0 Å². The molecule has 1 atom stereocenters. The fourth-order valence-corrected chi connectivity index (χ4v) is 2.43. The van der Waals surface area contributed by atoms with Gasteiger partial charge in [-0.2, -0.15) is 0 Å². The summed E-state index contributed by atoms with van der Waals surface area (Å²) < 4.78 is 5.00. The number of primary amides is 1. The second kappa shape index (κ2) is 8.48. The largest absolute Gasteiger partial charge is 0.385 e. The highest BCUT2D eigenvalue weighted by molar-refractivity contribution is 5.76. The van der Waals surface area contributed by atoms with E-state index in [2.05, 4.69) is 4.90 Å². The van der Waals surface area contributed by atoms with Crippen molar-refractivity contribution in [3.05, 3.63) is 0 Å². The van der Waals surface area contributed by atoms with Crippen LogP contribution in [0.3, 0.4) is 0 Å². The van der Waals surface area contributed by atoms with Crippen LogP contribution < -0.4 is 5.73 Å². The molecular formula is C13H26N2O2. The number of likely N-dealkylation sites (tertiary alicyclic amines) is 1. The predicted molar refractivity (Wildman–Crippen MR) is 68.7 cm³/mol. The zero-order valence-electron chi connectivity index (χ0n) is 11.0. The van der Waals surface area contributed by atoms with Gasteiger partial charge in [-0.25, -0.2) is 0 Å². The lowest BCUT2D eigenvalue weighted by Crippen LogP contribution is -2.31. The van der Waals surface area contributed by atoms with Crippen LogP contribution in [0.4, 0.5) is 0 Å². The summed E-state index contributed by atoms with van der Waals surface area (Å²) in [4.78, 5) is 13.7. The molecule has 4 nitrogen and oxygen atoms in total. The molecule has 0 aromatic rings. The summed E-state index contributed by atoms with van der Waals surface area (Å²) in [6, 6.07) is 0. The molecule has 0 radical (unpaired) electrons. The number of carbonyl (C=O) groups is 1. The standard InChI is InChI=1S/C13H26N2O2/c1-17-11-7-12(13(14)16)6-5-10-15-8-3-2-4-9-15/h12H,2-11H2,1H3,(H2,14,16). The first kappa shape index (κ1) is 14.5. The number of nitrogens with two attached hydrogens (primary N) is 1. The maximum Gasteiger partial charge on any atom is 0.220 e. The van der Waals surface area contributed by atoms with Gasteiger partial charge in [0.25, 0.3) is 0 Å². The molecular weight excluding hydrogens is 216 g/mol. The molecule has 1 aliphatic heterocycles. The summed E-state index contributed by atoms with van der Waals surface area (Å²) >= 11 is 0. The van der Waals surface area contributed by atoms with E-state index in [4.69, 9.17) is 10.5 Å². The van der Waals surface area contributed by atoms with Gasteiger partial charge in [-0.1, -0.05) is 6.42 Å². The highest BCUT2D eigenvalue weighted by atomic mass is 16.5. The Balaban J connectivity index is 2.14. The fraction of sp³-hybridized carbons (Fsp3) is 0.923. The number of carbonyl (C=O) groups excluding carboxylic acids is 1. The van der Waals surface area contributed by atoms with E-state index in [1.54, 1.807) is 7.11 Å². The van der Waals surface area contributed by atoms with Crippen LogP contribution in [0, 0.1) is 5.92 Å². The third-order valence-corrected chi connectivity index (χ3v) is 3.55. The summed E-state index contributed by atoms with van der Waals surface area (Å²) in [5.74, 6) is -0.194. The second-order valence-electron chi connectivity index (χ2n) is 4.93. The average molecular weight is 242 g/mol. The molecule has 0 spiro atoms. The molecule has 1 unspecified atom stereocenters. The first-order chi connectivity index (χ1) is 8.24. The van der Waals surface area contributed by atoms with E-state index in [1.165, 1.54) is 32.4 Å². The van der Waals surface area contributed by atoms with Gasteiger partial charge in [-0.3, -0.25) is 4.79 Å². The van der Waals surface area contributed by atoms with Crippen molar-refractivity contribution >= 4 is 5.91 Å². The third-order valence-electron chi connectivity index (χ3n) is 3.55. The number of amides is 1. The highest BCUT2D eigenvalue weighted by Gasteiger charge is 2.16. The number of rotatable bonds is 8. The lowest BCUT2D eigenvalue weighted by atomic mass is 9.98. The van der Waals surface area contributed by atoms with Crippen molar-refractivity contribution in [3.63, 3.8) is 0 Å². The lowest BCUT2D eigenvalue weighted by molar-refractivity contribution is -0.122. The van der Waals surface area contributed by atoms with Crippen molar-refractivity contribution in [1.82, 2.24) is 4.90 Å². The molecule has 1 amide bonds. The van der Waals surface area contributed by atoms with Gasteiger partial charge in [0.15, 0.2) is 0 Å². The van der Waals surface area contributed by atoms with E-state index in [-0.39, 0.29) is 11.8 Å². The fourth-order valence-electron chi connectivity index (χ4n) is 2.43. The minimum absolute atomic E-state index is 0.0141. The van der Waals surface area contributed by atoms with E-state index in [1.807, 2.05) is 0 Å². The Morgan fingerprint density at radius 3 is 2.59 bits per heavy atom. The van der Waals surface area contributed by atoms with Gasteiger partial charge in [0, 0.05) is 19.6 Å². The molecule has 100 valence electrons. The number of hydrogen-bond donors (Lipinski definition) is 1. The molecule has 1 rings (SSSR count). The van der Waals surface area contributed by atoms with E-state index < -0.39 is 0 Å². The van der Waals surface area contributed by atoms with Crippen molar-refractivity contribution in [3.8, 4) is 0 Å². The zero-order valence-corrected chi connectivity index (χ0v) is 11.0. The number of hydrogen-bond acceptors (Lipinski definition) is 3. The van der Waals surface area contributed by atoms with Crippen LogP contribution >= 0.6 is 0 Å². The van der Waals surface area contributed by atoms with Gasteiger partial charge in [-0.15, -0.1) is 0 Å². The number of nitrogens with zero attached hydrogens (tertiary/aromatic N) is 1. The molecule has 1 heterocycles. The topological polar surface area (TPSA) is 55.6 Å². The van der Waals surface area contributed by atoms with Crippen LogP contribution in [-0.2, 0) is 9.53 Å². The molecule has 0 aromatic heterocycles. The Kier molecular flexibility index (Phi) is 7.21. The molecule has 0 aromatic carbocycles. The van der Waals surface area contributed by atoms with Gasteiger partial charge >= 0.3 is 0 Å². The van der Waals surface area contributed by atoms with Gasteiger partial charge in [0.2, 0.25) is 5.91 Å². The van der Waals surface area contributed by atoms with Crippen molar-refractivity contribution in [2.24, 2.45) is 11.7 Å². The average Bonchev–Trinajstić information content (AvgIpc) is 2.34. The van der Waals surface area contributed by atoms with Gasteiger partial charge in [-0.05, 0) is 51.7 Å². The van der Waals surface area contributed by atoms with Crippen LogP contribution in [0.15, 0.2) is 0 Å². The Bertz CT molecular complexity index is 215. The monoisotopic (exact) mass is 242 g/mol. The summed E-state index contributed by atoms with van der Waals surface area (Å²) in [5, 5.41) is 0. The van der Waals surface area contributed by atoms with Crippen LogP contribution in [0.5, 0.6) is 0 Å². The Hall–Kier alpha value is -0.610. The molecule has 0 bridgehead atoms. The van der Waals surface area contributed by atoms with Crippen molar-refractivity contribution < 1.29 is 9.53 Å². The highest BCUT2D eigenvalue weighted by Crippen LogP contribution is 2.14. The van der Waals surface area contributed by atoms with Gasteiger partial charge in [0.1, 0.15) is 0 Å². The predicted octanol–water partition coefficient (Wildman–Crippen LogP) is 1.39. The quantitative estimate of drug-likeness (QED) is 0.700. The van der Waals surface area contributed by atoms with E-state index in [0.717, 1.165) is 25.8 Å². The van der Waals surface area contributed by atoms with E-state index in [9.17, 15) is 4.79 Å². The minimum Gasteiger partial charge on any atom is -0.385 e. The minimum atomic E-state index is -0.180. The van der Waals surface area contributed by atoms with Crippen molar-refractivity contribution in [1.29, 1.82) is 0 Å². The normalized spacial score (nSPS) is 19.1. The Morgan fingerprint density at radius 1 is 1.29 bits per heavy atom. The molecule has 0 aliphatic carbocycles. The SMILES string of the molecule is COCCC(CCCN1CCCCC1)C(N)=O. The lowest BCUT2D eigenvalue weighted by Gasteiger charge is -2.26. The maximum atomic E-state index is 11.2. The molecule has 1 fully saturated rings. The van der Waals surface area contributed by atoms with Crippen molar-refractivity contribution in [2.75, 3.05) is 33.4 Å². The second-order valence-corrected chi connectivity index (χ2v) is 4.93. The number of piperidine rings is 1. The summed E-state index contributed by atoms with van der Waals surface area (Å²) in [7, 11) is 1.66. The van der Waals surface area contributed by atoms with Crippen LogP contribution in [-0.4, -0.2) is 44.2 Å². The summed E-state index contributed by atoms with van der Waals surface area (Å²) in [6.45, 7) is 4.17. The summed E-state index contributed by atoms with van der Waals surface area (Å²) in [6.07, 6.45) is 6.73. The van der Waals surface area contributed by atoms with Crippen LogP contribution in [0.25, 0.3) is 0 Å². The van der Waals surface area contributed by atoms with Crippen LogP contribution in [0.1, 0.15) is 38.5 Å². The molecule has 17 heavy (non-hydrogen) atoms. The molecule has 4 heteroatoms. The van der Waals surface area contributed by atoms with E-state index in [0.29, 0.717) is 6.61 Å². The Morgan fingerprint density at radius 2 is 2.00 bits per heavy atom. The Labute approximate surface area is 104 Å². The number of ether oxygens (including phenoxy) is 1. The number of methoxy groups -OCH3 is 1. The van der Waals surface area contributed by atoms with E-state index >= 15 is 0 Å². The first-order valence-corrected chi connectivity index (χ1v) is 6.74. The molecule has 1 saturated heterocycles. The molecule has 2 N–H and O–H groups in total. The van der Waals surface area contributed by atoms with Gasteiger partial charge < -0.3 is 15.4 Å². The smallest absolute Gasteiger partial charge is 0.220 e. The molecule has 1 aliphatic rings. The zero-order chi connectivity index (χ0) is 12.5. The van der Waals surface area contributed by atoms with Crippen molar-refractivity contribution in [2.45, 2.75) is 38.5 Å². The third kappa shape index (κ3) is 6.03. The first-order valence-electron chi connectivity index (χ1n) is 6.74. The summed E-state index contributed by atoms with van der Waals surface area (Å²) in [5.41, 5.74) is 5.39.